The Morgan fingerprint density at radius 2 is 2.17 bits per heavy atom. The standard InChI is InChI=1S/C17H26N4O3/c22-16-13(6-1-2-8-18-16)20-17(23)19-12-14(15-7-5-11-24-15)21-9-3-4-10-21/h5,7,11,13-14H,1-4,6,8-10,12H2,(H,18,22)(H2,19,20,23). The van der Waals surface area contributed by atoms with Gasteiger partial charge in [0, 0.05) is 13.1 Å². The predicted octanol–water partition coefficient (Wildman–Crippen LogP) is 1.38. The zero-order valence-electron chi connectivity index (χ0n) is 13.9. The molecule has 2 saturated heterocycles. The van der Waals surface area contributed by atoms with Crippen LogP contribution in [0.1, 0.15) is 43.9 Å². The molecule has 24 heavy (non-hydrogen) atoms. The lowest BCUT2D eigenvalue weighted by Crippen LogP contribution is -2.50. The van der Waals surface area contributed by atoms with Crippen LogP contribution in [0.2, 0.25) is 0 Å². The molecular weight excluding hydrogens is 308 g/mol. The number of hydrogen-bond acceptors (Lipinski definition) is 4. The number of amides is 3. The molecule has 132 valence electrons. The molecule has 2 fully saturated rings. The van der Waals surface area contributed by atoms with Gasteiger partial charge in [-0.3, -0.25) is 9.69 Å². The topological polar surface area (TPSA) is 86.6 Å². The normalized spacial score (nSPS) is 23.3. The van der Waals surface area contributed by atoms with Gasteiger partial charge in [-0.25, -0.2) is 4.79 Å². The Balaban J connectivity index is 1.53. The van der Waals surface area contributed by atoms with Gasteiger partial charge in [-0.15, -0.1) is 0 Å². The number of nitrogens with zero attached hydrogens (tertiary/aromatic N) is 1. The van der Waals surface area contributed by atoms with Crippen molar-refractivity contribution in [2.24, 2.45) is 0 Å². The van der Waals surface area contributed by atoms with Crippen molar-refractivity contribution in [2.75, 3.05) is 26.2 Å². The van der Waals surface area contributed by atoms with Crippen LogP contribution in [0, 0.1) is 0 Å². The first-order valence-electron chi connectivity index (χ1n) is 8.83. The smallest absolute Gasteiger partial charge is 0.315 e. The van der Waals surface area contributed by atoms with Crippen LogP contribution in [-0.2, 0) is 4.79 Å². The molecule has 3 heterocycles. The maximum atomic E-state index is 12.2. The molecule has 1 aromatic heterocycles. The van der Waals surface area contributed by atoms with Crippen LogP contribution in [0.15, 0.2) is 22.8 Å². The van der Waals surface area contributed by atoms with Crippen molar-refractivity contribution >= 4 is 11.9 Å². The summed E-state index contributed by atoms with van der Waals surface area (Å²) in [5.74, 6) is 0.772. The molecule has 0 bridgehead atoms. The maximum absolute atomic E-state index is 12.2. The third-order valence-electron chi connectivity index (χ3n) is 4.75. The average molecular weight is 334 g/mol. The van der Waals surface area contributed by atoms with Crippen LogP contribution in [0.3, 0.4) is 0 Å². The van der Waals surface area contributed by atoms with Crippen LogP contribution < -0.4 is 16.0 Å². The van der Waals surface area contributed by atoms with Crippen molar-refractivity contribution in [1.29, 1.82) is 0 Å². The van der Waals surface area contributed by atoms with Gasteiger partial charge in [0.1, 0.15) is 11.8 Å². The molecule has 1 aromatic rings. The largest absolute Gasteiger partial charge is 0.468 e. The fourth-order valence-corrected chi connectivity index (χ4v) is 3.42. The van der Waals surface area contributed by atoms with Gasteiger partial charge in [-0.1, -0.05) is 0 Å². The molecule has 3 amide bonds. The van der Waals surface area contributed by atoms with Gasteiger partial charge < -0.3 is 20.4 Å². The van der Waals surface area contributed by atoms with E-state index in [9.17, 15) is 9.59 Å². The second-order valence-corrected chi connectivity index (χ2v) is 6.47. The van der Waals surface area contributed by atoms with Gasteiger partial charge in [0.05, 0.1) is 12.3 Å². The molecular formula is C17H26N4O3. The van der Waals surface area contributed by atoms with Crippen molar-refractivity contribution in [2.45, 2.75) is 44.2 Å². The second-order valence-electron chi connectivity index (χ2n) is 6.47. The SMILES string of the molecule is O=C(NCC(c1ccco1)N1CCCC1)NC1CCCCNC1=O. The van der Waals surface area contributed by atoms with Crippen molar-refractivity contribution in [3.63, 3.8) is 0 Å². The third-order valence-corrected chi connectivity index (χ3v) is 4.75. The molecule has 7 nitrogen and oxygen atoms in total. The van der Waals surface area contributed by atoms with Crippen LogP contribution in [0.5, 0.6) is 0 Å². The molecule has 0 radical (unpaired) electrons. The Kier molecular flexibility index (Phi) is 5.74. The highest BCUT2D eigenvalue weighted by atomic mass is 16.3. The molecule has 2 aliphatic heterocycles. The molecule has 0 saturated carbocycles. The Labute approximate surface area is 142 Å². The number of furan rings is 1. The number of rotatable bonds is 5. The fourth-order valence-electron chi connectivity index (χ4n) is 3.42. The van der Waals surface area contributed by atoms with Gasteiger partial charge in [0.2, 0.25) is 5.91 Å². The first kappa shape index (κ1) is 16.8. The number of nitrogens with one attached hydrogen (secondary N) is 3. The minimum Gasteiger partial charge on any atom is -0.468 e. The summed E-state index contributed by atoms with van der Waals surface area (Å²) in [4.78, 5) is 26.4. The summed E-state index contributed by atoms with van der Waals surface area (Å²) in [5, 5.41) is 8.52. The first-order valence-corrected chi connectivity index (χ1v) is 8.83. The Bertz CT molecular complexity index is 540. The van der Waals surface area contributed by atoms with Crippen molar-refractivity contribution in [1.82, 2.24) is 20.9 Å². The minimum absolute atomic E-state index is 0.0382. The molecule has 2 unspecified atom stereocenters. The molecule has 3 rings (SSSR count). The third kappa shape index (κ3) is 4.29. The molecule has 2 atom stereocenters. The summed E-state index contributed by atoms with van der Waals surface area (Å²) in [6, 6.07) is 3.11. The van der Waals surface area contributed by atoms with Gasteiger partial charge in [0.15, 0.2) is 0 Å². The van der Waals surface area contributed by atoms with Crippen LogP contribution in [-0.4, -0.2) is 49.1 Å². The quantitative estimate of drug-likeness (QED) is 0.759. The van der Waals surface area contributed by atoms with E-state index in [-0.39, 0.29) is 18.0 Å². The van der Waals surface area contributed by atoms with E-state index in [1.807, 2.05) is 12.1 Å². The monoisotopic (exact) mass is 334 g/mol. The molecule has 7 heteroatoms. The van der Waals surface area contributed by atoms with Crippen LogP contribution in [0.4, 0.5) is 4.79 Å². The molecule has 2 aliphatic rings. The van der Waals surface area contributed by atoms with Crippen molar-refractivity contribution < 1.29 is 14.0 Å². The highest BCUT2D eigenvalue weighted by Gasteiger charge is 2.27. The average Bonchev–Trinajstić information content (AvgIpc) is 3.24. The lowest BCUT2D eigenvalue weighted by molar-refractivity contribution is -0.122. The van der Waals surface area contributed by atoms with E-state index in [2.05, 4.69) is 20.9 Å². The second kappa shape index (κ2) is 8.19. The lowest BCUT2D eigenvalue weighted by Gasteiger charge is -2.26. The Morgan fingerprint density at radius 1 is 1.33 bits per heavy atom. The van der Waals surface area contributed by atoms with Crippen LogP contribution >= 0.6 is 0 Å². The summed E-state index contributed by atoms with van der Waals surface area (Å²) < 4.78 is 5.55. The molecule has 0 spiro atoms. The number of urea groups is 1. The maximum Gasteiger partial charge on any atom is 0.315 e. The summed E-state index contributed by atoms with van der Waals surface area (Å²) in [7, 11) is 0. The number of carbonyl (C=O) groups is 2. The summed E-state index contributed by atoms with van der Waals surface area (Å²) in [5.41, 5.74) is 0. The lowest BCUT2D eigenvalue weighted by atomic mass is 10.1. The summed E-state index contributed by atoms with van der Waals surface area (Å²) in [6.07, 6.45) is 6.59. The van der Waals surface area contributed by atoms with Gasteiger partial charge in [-0.2, -0.15) is 0 Å². The van der Waals surface area contributed by atoms with E-state index in [0.29, 0.717) is 19.5 Å². The number of carbonyl (C=O) groups excluding carboxylic acids is 2. The Morgan fingerprint density at radius 3 is 2.92 bits per heavy atom. The minimum atomic E-state index is -0.443. The van der Waals surface area contributed by atoms with E-state index in [0.717, 1.165) is 31.7 Å². The molecule has 3 N–H and O–H groups in total. The van der Waals surface area contributed by atoms with E-state index < -0.39 is 6.04 Å². The first-order chi connectivity index (χ1) is 11.7. The van der Waals surface area contributed by atoms with Gasteiger partial charge >= 0.3 is 6.03 Å². The highest BCUT2D eigenvalue weighted by Crippen LogP contribution is 2.24. The van der Waals surface area contributed by atoms with Crippen LogP contribution in [0.25, 0.3) is 0 Å². The van der Waals surface area contributed by atoms with E-state index in [1.165, 1.54) is 12.8 Å². The zero-order valence-corrected chi connectivity index (χ0v) is 13.9. The summed E-state index contributed by atoms with van der Waals surface area (Å²) >= 11 is 0. The van der Waals surface area contributed by atoms with Crippen molar-refractivity contribution in [3.8, 4) is 0 Å². The van der Waals surface area contributed by atoms with Crippen molar-refractivity contribution in [3.05, 3.63) is 24.2 Å². The summed E-state index contributed by atoms with van der Waals surface area (Å²) in [6.45, 7) is 3.18. The zero-order chi connectivity index (χ0) is 16.8. The fraction of sp³-hybridized carbons (Fsp3) is 0.647. The number of hydrogen-bond donors (Lipinski definition) is 3. The van der Waals surface area contributed by atoms with E-state index in [4.69, 9.17) is 4.42 Å². The van der Waals surface area contributed by atoms with Gasteiger partial charge in [0.25, 0.3) is 0 Å². The highest BCUT2D eigenvalue weighted by molar-refractivity contribution is 5.87. The van der Waals surface area contributed by atoms with Gasteiger partial charge in [-0.05, 0) is 57.3 Å². The van der Waals surface area contributed by atoms with E-state index in [1.54, 1.807) is 6.26 Å². The molecule has 0 aromatic carbocycles. The Hall–Kier alpha value is -2.02. The number of likely N-dealkylation sites (tertiary alicyclic amines) is 1. The molecule has 0 aliphatic carbocycles. The van der Waals surface area contributed by atoms with E-state index >= 15 is 0 Å². The predicted molar refractivity (Wildman–Crippen MR) is 89.4 cm³/mol.